The molecule has 2 heterocycles. The Morgan fingerprint density at radius 1 is 1.00 bits per heavy atom. The molecule has 0 saturated carbocycles. The molecule has 1 aliphatic rings. The van der Waals surface area contributed by atoms with Gasteiger partial charge < -0.3 is 24.8 Å². The fraction of sp³-hybridized carbons (Fsp3) is 0.391. The molecule has 1 aromatic carbocycles. The van der Waals surface area contributed by atoms with Crippen molar-refractivity contribution in [3.63, 3.8) is 0 Å². The van der Waals surface area contributed by atoms with Crippen molar-refractivity contribution < 1.29 is 43.7 Å². The number of ketones is 2. The SMILES string of the molecule is COC(=O)CCC(=O)c1ccc(CC(=O)c2ccc[n+]([C@@H]3O[C@H](CO)[C@@H](O)[C@H]3O)c2)cc1. The van der Waals surface area contributed by atoms with Crippen LogP contribution < -0.4 is 4.57 Å². The van der Waals surface area contributed by atoms with E-state index >= 15 is 0 Å². The molecule has 0 spiro atoms. The number of hydrogen-bond donors (Lipinski definition) is 3. The molecule has 170 valence electrons. The third-order valence-electron chi connectivity index (χ3n) is 5.38. The summed E-state index contributed by atoms with van der Waals surface area (Å²) in [6, 6.07) is 9.87. The lowest BCUT2D eigenvalue weighted by atomic mass is 10.0. The van der Waals surface area contributed by atoms with Crippen LogP contribution in [0.5, 0.6) is 0 Å². The van der Waals surface area contributed by atoms with E-state index in [9.17, 15) is 29.7 Å². The number of methoxy groups -OCH3 is 1. The lowest BCUT2D eigenvalue weighted by Crippen LogP contribution is -2.46. The molecular formula is C23H26NO8+. The van der Waals surface area contributed by atoms with Crippen LogP contribution in [0, 0.1) is 0 Å². The minimum atomic E-state index is -1.24. The maximum absolute atomic E-state index is 12.8. The maximum atomic E-state index is 12.8. The number of benzene rings is 1. The van der Waals surface area contributed by atoms with Gasteiger partial charge >= 0.3 is 5.97 Å². The van der Waals surface area contributed by atoms with Crippen LogP contribution in [0.3, 0.4) is 0 Å². The average Bonchev–Trinajstić information content (AvgIpc) is 3.11. The summed E-state index contributed by atoms with van der Waals surface area (Å²) in [6.07, 6.45) is -1.02. The summed E-state index contributed by atoms with van der Waals surface area (Å²) in [4.78, 5) is 36.1. The number of esters is 1. The highest BCUT2D eigenvalue weighted by Crippen LogP contribution is 2.25. The molecule has 32 heavy (non-hydrogen) atoms. The van der Waals surface area contributed by atoms with Crippen LogP contribution in [-0.4, -0.2) is 64.9 Å². The first kappa shape index (κ1) is 23.7. The van der Waals surface area contributed by atoms with Crippen LogP contribution in [-0.2, 0) is 20.7 Å². The van der Waals surface area contributed by atoms with Crippen LogP contribution in [0.4, 0.5) is 0 Å². The van der Waals surface area contributed by atoms with Gasteiger partial charge in [0.05, 0.1) is 25.7 Å². The highest BCUT2D eigenvalue weighted by Gasteiger charge is 2.48. The second kappa shape index (κ2) is 10.6. The van der Waals surface area contributed by atoms with Gasteiger partial charge in [0.2, 0.25) is 0 Å². The van der Waals surface area contributed by atoms with Gasteiger partial charge in [-0.2, -0.15) is 4.57 Å². The maximum Gasteiger partial charge on any atom is 0.305 e. The highest BCUT2D eigenvalue weighted by molar-refractivity contribution is 5.98. The highest BCUT2D eigenvalue weighted by atomic mass is 16.6. The van der Waals surface area contributed by atoms with Gasteiger partial charge in [-0.15, -0.1) is 0 Å². The predicted molar refractivity (Wildman–Crippen MR) is 110 cm³/mol. The number of aliphatic hydroxyl groups is 3. The van der Waals surface area contributed by atoms with Crippen molar-refractivity contribution >= 4 is 17.5 Å². The van der Waals surface area contributed by atoms with Gasteiger partial charge in [-0.3, -0.25) is 14.4 Å². The van der Waals surface area contributed by atoms with Gasteiger partial charge in [0.25, 0.3) is 6.23 Å². The van der Waals surface area contributed by atoms with Gasteiger partial charge in [-0.05, 0) is 11.6 Å². The van der Waals surface area contributed by atoms with Gasteiger partial charge in [0, 0.05) is 24.5 Å². The minimum absolute atomic E-state index is 0.0130. The summed E-state index contributed by atoms with van der Waals surface area (Å²) in [5, 5.41) is 29.4. The van der Waals surface area contributed by atoms with Crippen molar-refractivity contribution in [3.05, 3.63) is 65.5 Å². The van der Waals surface area contributed by atoms with E-state index in [2.05, 4.69) is 4.74 Å². The Bertz CT molecular complexity index is 974. The zero-order chi connectivity index (χ0) is 23.3. The van der Waals surface area contributed by atoms with Crippen molar-refractivity contribution in [2.24, 2.45) is 0 Å². The third kappa shape index (κ3) is 5.43. The van der Waals surface area contributed by atoms with Gasteiger partial charge in [0.15, 0.2) is 30.1 Å². The molecule has 1 aliphatic heterocycles. The number of aromatic nitrogens is 1. The molecule has 0 aliphatic carbocycles. The molecule has 9 heteroatoms. The second-order valence-electron chi connectivity index (χ2n) is 7.56. The van der Waals surface area contributed by atoms with Crippen LogP contribution >= 0.6 is 0 Å². The zero-order valence-electron chi connectivity index (χ0n) is 17.6. The molecule has 0 amide bonds. The number of Topliss-reactive ketones (excluding diaryl/α,β-unsaturated/α-hetero) is 2. The van der Waals surface area contributed by atoms with E-state index in [-0.39, 0.29) is 30.8 Å². The fourth-order valence-corrected chi connectivity index (χ4v) is 3.50. The molecule has 3 N–H and O–H groups in total. The number of aliphatic hydroxyl groups excluding tert-OH is 3. The molecule has 9 nitrogen and oxygen atoms in total. The van der Waals surface area contributed by atoms with Gasteiger partial charge in [-0.1, -0.05) is 24.3 Å². The van der Waals surface area contributed by atoms with E-state index in [4.69, 9.17) is 4.74 Å². The smallest absolute Gasteiger partial charge is 0.305 e. The number of ether oxygens (including phenoxy) is 2. The summed E-state index contributed by atoms with van der Waals surface area (Å²) in [7, 11) is 1.27. The monoisotopic (exact) mass is 444 g/mol. The van der Waals surface area contributed by atoms with E-state index in [1.165, 1.54) is 17.9 Å². The molecule has 1 aromatic heterocycles. The van der Waals surface area contributed by atoms with E-state index in [0.29, 0.717) is 16.7 Å². The van der Waals surface area contributed by atoms with Crippen molar-refractivity contribution in [1.29, 1.82) is 0 Å². The Balaban J connectivity index is 1.64. The Kier molecular flexibility index (Phi) is 7.81. The first-order valence-electron chi connectivity index (χ1n) is 10.2. The third-order valence-corrected chi connectivity index (χ3v) is 5.38. The summed E-state index contributed by atoms with van der Waals surface area (Å²) in [6.45, 7) is -0.435. The molecule has 3 rings (SSSR count). The number of carbonyl (C=O) groups excluding carboxylic acids is 3. The lowest BCUT2D eigenvalue weighted by Gasteiger charge is -2.10. The first-order valence-corrected chi connectivity index (χ1v) is 10.2. The summed E-state index contributed by atoms with van der Waals surface area (Å²) < 4.78 is 11.5. The normalized spacial score (nSPS) is 22.5. The second-order valence-corrected chi connectivity index (χ2v) is 7.56. The molecular weight excluding hydrogens is 418 g/mol. The molecule has 0 radical (unpaired) electrons. The molecule has 1 fully saturated rings. The average molecular weight is 444 g/mol. The molecule has 0 unspecified atom stereocenters. The zero-order valence-corrected chi connectivity index (χ0v) is 17.6. The first-order chi connectivity index (χ1) is 15.3. The van der Waals surface area contributed by atoms with Crippen molar-refractivity contribution in [3.8, 4) is 0 Å². The number of pyridine rings is 1. The summed E-state index contributed by atoms with van der Waals surface area (Å²) in [5.41, 5.74) is 1.54. The van der Waals surface area contributed by atoms with E-state index in [1.54, 1.807) is 42.6 Å². The minimum Gasteiger partial charge on any atom is -0.469 e. The quantitative estimate of drug-likeness (QED) is 0.283. The summed E-state index contributed by atoms with van der Waals surface area (Å²) in [5.74, 6) is -0.815. The van der Waals surface area contributed by atoms with E-state index in [0.717, 1.165) is 0 Å². The van der Waals surface area contributed by atoms with Gasteiger partial charge in [0.1, 0.15) is 12.2 Å². The van der Waals surface area contributed by atoms with Crippen molar-refractivity contribution in [2.45, 2.75) is 43.8 Å². The lowest BCUT2D eigenvalue weighted by molar-refractivity contribution is -0.765. The largest absolute Gasteiger partial charge is 0.469 e. The van der Waals surface area contributed by atoms with Gasteiger partial charge in [-0.25, -0.2) is 0 Å². The summed E-state index contributed by atoms with van der Waals surface area (Å²) >= 11 is 0. The number of carbonyl (C=O) groups is 3. The van der Waals surface area contributed by atoms with E-state index < -0.39 is 37.1 Å². The molecule has 2 aromatic rings. The topological polar surface area (TPSA) is 134 Å². The predicted octanol–water partition coefficient (Wildman–Crippen LogP) is 0.147. The van der Waals surface area contributed by atoms with Crippen LogP contribution in [0.25, 0.3) is 0 Å². The standard InChI is InChI=1S/C23H26NO8/c1-31-20(28)9-8-17(26)15-6-4-14(5-7-15)11-18(27)16-3-2-10-24(12-16)23-22(30)21(29)19(13-25)32-23/h2-7,10,12,19,21-23,25,29-30H,8-9,11,13H2,1H3/q+1/t19-,21-,22-,23-/m1/s1. The van der Waals surface area contributed by atoms with Crippen LogP contribution in [0.2, 0.25) is 0 Å². The fourth-order valence-electron chi connectivity index (χ4n) is 3.50. The van der Waals surface area contributed by atoms with E-state index in [1.807, 2.05) is 0 Å². The molecule has 0 bridgehead atoms. The molecule has 4 atom stereocenters. The van der Waals surface area contributed by atoms with Crippen LogP contribution in [0.1, 0.15) is 45.3 Å². The number of nitrogens with zero attached hydrogens (tertiary/aromatic N) is 1. The number of rotatable bonds is 9. The Labute approximate surface area is 184 Å². The Morgan fingerprint density at radius 2 is 1.72 bits per heavy atom. The van der Waals surface area contributed by atoms with Crippen molar-refractivity contribution in [2.75, 3.05) is 13.7 Å². The Morgan fingerprint density at radius 3 is 2.34 bits per heavy atom. The van der Waals surface area contributed by atoms with Crippen LogP contribution in [0.15, 0.2) is 48.8 Å². The number of hydrogen-bond acceptors (Lipinski definition) is 8. The van der Waals surface area contributed by atoms with Crippen molar-refractivity contribution in [1.82, 2.24) is 0 Å². The molecule has 1 saturated heterocycles. The Hall–Kier alpha value is -2.98.